The molecule has 1 fully saturated rings. The number of imide groups is 1. The Morgan fingerprint density at radius 1 is 1.56 bits per heavy atom. The van der Waals surface area contributed by atoms with E-state index in [-0.39, 0.29) is 37.0 Å². The molecule has 6 nitrogen and oxygen atoms in total. The van der Waals surface area contributed by atoms with E-state index in [9.17, 15) is 19.2 Å². The Kier molecular flexibility index (Phi) is 4.48. The summed E-state index contributed by atoms with van der Waals surface area (Å²) in [5, 5.41) is -0.495. The highest BCUT2D eigenvalue weighted by Gasteiger charge is 2.38. The van der Waals surface area contributed by atoms with Crippen LogP contribution in [-0.4, -0.2) is 46.5 Å². The Hall–Kier alpha value is -1.37. The highest BCUT2D eigenvalue weighted by Crippen LogP contribution is 2.24. The van der Waals surface area contributed by atoms with E-state index in [1.165, 1.54) is 0 Å². The minimum Gasteiger partial charge on any atom is -0.370 e. The fourth-order valence-corrected chi connectivity index (χ4v) is 2.24. The molecule has 2 N–H and O–H groups in total. The van der Waals surface area contributed by atoms with Gasteiger partial charge in [-0.3, -0.25) is 19.3 Å². The van der Waals surface area contributed by atoms with Crippen LogP contribution in [0.2, 0.25) is 0 Å². The van der Waals surface area contributed by atoms with Crippen LogP contribution in [0.5, 0.6) is 0 Å². The molecule has 7 heteroatoms. The van der Waals surface area contributed by atoms with E-state index in [0.717, 1.165) is 16.7 Å². The third-order valence-corrected chi connectivity index (χ3v) is 3.25. The number of aldehydes is 1. The highest BCUT2D eigenvalue weighted by molar-refractivity contribution is 8.01. The number of carbonyl (C=O) groups excluding carboxylic acids is 4. The molecular weight excluding hydrogens is 232 g/mol. The van der Waals surface area contributed by atoms with E-state index in [2.05, 4.69) is 0 Å². The summed E-state index contributed by atoms with van der Waals surface area (Å²) in [6, 6.07) is 0. The summed E-state index contributed by atoms with van der Waals surface area (Å²) in [6.45, 7) is 0.0329. The lowest BCUT2D eigenvalue weighted by Crippen LogP contribution is -2.34. The summed E-state index contributed by atoms with van der Waals surface area (Å²) in [7, 11) is 0. The highest BCUT2D eigenvalue weighted by atomic mass is 32.2. The van der Waals surface area contributed by atoms with Crippen molar-refractivity contribution < 1.29 is 19.2 Å². The molecule has 0 bridgehead atoms. The number of nitrogens with zero attached hydrogens (tertiary/aromatic N) is 1. The second-order valence-electron chi connectivity index (χ2n) is 3.29. The van der Waals surface area contributed by atoms with Gasteiger partial charge >= 0.3 is 0 Å². The van der Waals surface area contributed by atoms with Gasteiger partial charge in [0.05, 0.1) is 5.25 Å². The summed E-state index contributed by atoms with van der Waals surface area (Å²) in [5.74, 6) is -1.01. The second kappa shape index (κ2) is 5.64. The van der Waals surface area contributed by atoms with Gasteiger partial charge in [0.25, 0.3) is 0 Å². The Balaban J connectivity index is 2.53. The zero-order valence-corrected chi connectivity index (χ0v) is 9.37. The first-order valence-corrected chi connectivity index (χ1v) is 5.79. The molecule has 1 saturated heterocycles. The summed E-state index contributed by atoms with van der Waals surface area (Å²) in [6.07, 6.45) is 0.757. The van der Waals surface area contributed by atoms with Crippen LogP contribution in [0.1, 0.15) is 12.8 Å². The van der Waals surface area contributed by atoms with Crippen molar-refractivity contribution in [2.24, 2.45) is 5.73 Å². The first-order valence-electron chi connectivity index (χ1n) is 4.74. The normalized spacial score (nSPS) is 20.2. The fourth-order valence-electron chi connectivity index (χ4n) is 1.40. The Morgan fingerprint density at radius 3 is 2.81 bits per heavy atom. The molecule has 16 heavy (non-hydrogen) atoms. The molecular formula is C9H12N2O4S. The van der Waals surface area contributed by atoms with Gasteiger partial charge in [0, 0.05) is 25.1 Å². The van der Waals surface area contributed by atoms with Crippen LogP contribution < -0.4 is 5.73 Å². The molecule has 1 heterocycles. The standard InChI is InChI=1S/C9H12N2O4S/c10-7(13)1-2-11-8(14)5-6(9(11)15)16-4-3-12/h3,6H,1-2,4-5H2,(H2,10,13). The summed E-state index contributed by atoms with van der Waals surface area (Å²) in [5.41, 5.74) is 4.94. The van der Waals surface area contributed by atoms with Crippen molar-refractivity contribution in [2.45, 2.75) is 18.1 Å². The smallest absolute Gasteiger partial charge is 0.242 e. The quantitative estimate of drug-likeness (QED) is 0.473. The molecule has 88 valence electrons. The minimum atomic E-state index is -0.551. The lowest BCUT2D eigenvalue weighted by molar-refractivity contribution is -0.138. The van der Waals surface area contributed by atoms with Gasteiger partial charge in [-0.05, 0) is 0 Å². The zero-order chi connectivity index (χ0) is 12.1. The zero-order valence-electron chi connectivity index (χ0n) is 8.55. The molecule has 0 radical (unpaired) electrons. The maximum atomic E-state index is 11.7. The lowest BCUT2D eigenvalue weighted by Gasteiger charge is -2.12. The predicted octanol–water partition coefficient (Wildman–Crippen LogP) is -1.08. The molecule has 0 aromatic carbocycles. The van der Waals surface area contributed by atoms with Crippen molar-refractivity contribution in [2.75, 3.05) is 12.3 Å². The van der Waals surface area contributed by atoms with E-state index in [0.29, 0.717) is 6.29 Å². The average molecular weight is 244 g/mol. The number of likely N-dealkylation sites (tertiary alicyclic amines) is 1. The van der Waals surface area contributed by atoms with E-state index in [4.69, 9.17) is 5.73 Å². The number of primary amides is 1. The topological polar surface area (TPSA) is 97.5 Å². The molecule has 0 aromatic heterocycles. The van der Waals surface area contributed by atoms with Crippen molar-refractivity contribution >= 4 is 35.8 Å². The lowest BCUT2D eigenvalue weighted by atomic mass is 10.4. The van der Waals surface area contributed by atoms with Crippen molar-refractivity contribution in [3.63, 3.8) is 0 Å². The number of carbonyl (C=O) groups is 4. The molecule has 3 amide bonds. The van der Waals surface area contributed by atoms with Crippen LogP contribution in [0.4, 0.5) is 0 Å². The van der Waals surface area contributed by atoms with Gasteiger partial charge in [-0.2, -0.15) is 0 Å². The summed E-state index contributed by atoms with van der Waals surface area (Å²) < 4.78 is 0. The summed E-state index contributed by atoms with van der Waals surface area (Å²) >= 11 is 1.14. The van der Waals surface area contributed by atoms with Crippen LogP contribution >= 0.6 is 11.8 Å². The third-order valence-electron chi connectivity index (χ3n) is 2.15. The van der Waals surface area contributed by atoms with Gasteiger partial charge in [-0.15, -0.1) is 11.8 Å². The molecule has 0 saturated carbocycles. The monoisotopic (exact) mass is 244 g/mol. The van der Waals surface area contributed by atoms with E-state index < -0.39 is 11.2 Å². The predicted molar refractivity (Wildman–Crippen MR) is 57.5 cm³/mol. The fraction of sp³-hybridized carbons (Fsp3) is 0.556. The van der Waals surface area contributed by atoms with Gasteiger partial charge in [0.1, 0.15) is 6.29 Å². The first-order chi connectivity index (χ1) is 7.56. The summed E-state index contributed by atoms with van der Waals surface area (Å²) in [4.78, 5) is 44.8. The van der Waals surface area contributed by atoms with Crippen LogP contribution in [-0.2, 0) is 19.2 Å². The molecule has 1 aliphatic rings. The van der Waals surface area contributed by atoms with Crippen molar-refractivity contribution in [1.82, 2.24) is 4.90 Å². The molecule has 1 aliphatic heterocycles. The van der Waals surface area contributed by atoms with Crippen LogP contribution in [0.25, 0.3) is 0 Å². The minimum absolute atomic E-state index is 0.0253. The number of amides is 3. The number of hydrogen-bond acceptors (Lipinski definition) is 5. The van der Waals surface area contributed by atoms with Crippen LogP contribution in [0, 0.1) is 0 Å². The van der Waals surface area contributed by atoms with Gasteiger partial charge in [0.2, 0.25) is 17.7 Å². The maximum Gasteiger partial charge on any atom is 0.242 e. The number of hydrogen-bond donors (Lipinski definition) is 1. The Bertz CT molecular complexity index is 331. The number of rotatable bonds is 6. The molecule has 0 aromatic rings. The largest absolute Gasteiger partial charge is 0.370 e. The van der Waals surface area contributed by atoms with E-state index in [1.807, 2.05) is 0 Å². The Labute approximate surface area is 96.5 Å². The van der Waals surface area contributed by atoms with Gasteiger partial charge in [-0.25, -0.2) is 0 Å². The van der Waals surface area contributed by atoms with E-state index in [1.54, 1.807) is 0 Å². The first kappa shape index (κ1) is 12.7. The second-order valence-corrected chi connectivity index (χ2v) is 4.53. The average Bonchev–Trinajstić information content (AvgIpc) is 2.48. The third kappa shape index (κ3) is 3.06. The van der Waals surface area contributed by atoms with Crippen molar-refractivity contribution in [1.29, 1.82) is 0 Å². The molecule has 0 aliphatic carbocycles. The van der Waals surface area contributed by atoms with Gasteiger partial charge in [-0.1, -0.05) is 0 Å². The number of nitrogens with two attached hydrogens (primary N) is 1. The Morgan fingerprint density at radius 2 is 2.25 bits per heavy atom. The van der Waals surface area contributed by atoms with Crippen LogP contribution in [0.15, 0.2) is 0 Å². The molecule has 0 spiro atoms. The van der Waals surface area contributed by atoms with Gasteiger partial charge < -0.3 is 10.5 Å². The molecule has 1 atom stereocenters. The molecule has 1 unspecified atom stereocenters. The van der Waals surface area contributed by atoms with Crippen molar-refractivity contribution in [3.05, 3.63) is 0 Å². The SMILES string of the molecule is NC(=O)CCN1C(=O)CC(SCC=O)C1=O. The van der Waals surface area contributed by atoms with E-state index >= 15 is 0 Å². The van der Waals surface area contributed by atoms with Crippen molar-refractivity contribution in [3.8, 4) is 0 Å². The van der Waals surface area contributed by atoms with Crippen LogP contribution in [0.3, 0.4) is 0 Å². The maximum absolute atomic E-state index is 11.7. The number of thioether (sulfide) groups is 1. The van der Waals surface area contributed by atoms with Gasteiger partial charge in [0.15, 0.2) is 0 Å². The molecule has 1 rings (SSSR count).